The van der Waals surface area contributed by atoms with E-state index in [1.165, 1.54) is 0 Å². The Morgan fingerprint density at radius 1 is 1.29 bits per heavy atom. The van der Waals surface area contributed by atoms with Gasteiger partial charge in [0.15, 0.2) is 5.82 Å². The summed E-state index contributed by atoms with van der Waals surface area (Å²) in [7, 11) is 0. The molecule has 0 aliphatic rings. The summed E-state index contributed by atoms with van der Waals surface area (Å²) in [5.41, 5.74) is 1.99. The van der Waals surface area contributed by atoms with Crippen LogP contribution in [0.1, 0.15) is 16.3 Å². The number of aromatic amines is 2. The highest BCUT2D eigenvalue weighted by atomic mass is 16.5. The highest BCUT2D eigenvalue weighted by Gasteiger charge is 2.09. The minimum absolute atomic E-state index is 0.0513. The van der Waals surface area contributed by atoms with E-state index < -0.39 is 5.76 Å². The van der Waals surface area contributed by atoms with E-state index in [4.69, 9.17) is 0 Å². The van der Waals surface area contributed by atoms with Crippen LogP contribution in [0.2, 0.25) is 0 Å². The molecular weight excluding hydrogens is 276 g/mol. The van der Waals surface area contributed by atoms with Gasteiger partial charge in [0.2, 0.25) is 0 Å². The first-order valence-electron chi connectivity index (χ1n) is 6.00. The maximum absolute atomic E-state index is 11.9. The van der Waals surface area contributed by atoms with E-state index in [0.717, 1.165) is 11.1 Å². The quantitative estimate of drug-likeness (QED) is 0.622. The molecule has 3 rings (SSSR count). The molecule has 9 nitrogen and oxygen atoms in total. The van der Waals surface area contributed by atoms with Crippen molar-refractivity contribution in [3.05, 3.63) is 52.8 Å². The molecule has 9 heteroatoms. The van der Waals surface area contributed by atoms with Gasteiger partial charge in [-0.2, -0.15) is 5.10 Å². The first kappa shape index (κ1) is 12.8. The number of H-pyrrole nitrogens is 2. The number of nitrogens with one attached hydrogen (secondary N) is 3. The van der Waals surface area contributed by atoms with Crippen LogP contribution in [0.25, 0.3) is 11.1 Å². The summed E-state index contributed by atoms with van der Waals surface area (Å²) in [6, 6.07) is 3.37. The summed E-state index contributed by atoms with van der Waals surface area (Å²) in [6.45, 7) is 0.0513. The van der Waals surface area contributed by atoms with Gasteiger partial charge in [0, 0.05) is 23.5 Å². The number of amides is 1. The zero-order chi connectivity index (χ0) is 14.7. The number of pyridine rings is 1. The molecule has 0 spiro atoms. The minimum Gasteiger partial charge on any atom is -0.343 e. The SMILES string of the molecule is O=C(NCc1noc(=O)[nH]1)c1ccc(-c2cn[nH]c2)cn1. The van der Waals surface area contributed by atoms with E-state index in [0.29, 0.717) is 0 Å². The van der Waals surface area contributed by atoms with Crippen LogP contribution in [0.4, 0.5) is 0 Å². The highest BCUT2D eigenvalue weighted by molar-refractivity contribution is 5.92. The highest BCUT2D eigenvalue weighted by Crippen LogP contribution is 2.16. The summed E-state index contributed by atoms with van der Waals surface area (Å²) < 4.78 is 4.32. The molecule has 0 aliphatic carbocycles. The van der Waals surface area contributed by atoms with E-state index in [2.05, 4.69) is 35.2 Å². The summed E-state index contributed by atoms with van der Waals surface area (Å²) in [5.74, 6) is -0.803. The van der Waals surface area contributed by atoms with Crippen LogP contribution in [0.15, 0.2) is 40.0 Å². The van der Waals surface area contributed by atoms with Gasteiger partial charge in [-0.15, -0.1) is 0 Å². The number of hydrogen-bond acceptors (Lipinski definition) is 6. The molecular formula is C12H10N6O3. The molecule has 3 aromatic heterocycles. The third-order valence-corrected chi connectivity index (χ3v) is 2.73. The van der Waals surface area contributed by atoms with Gasteiger partial charge in [-0.3, -0.25) is 24.4 Å². The molecule has 3 N–H and O–H groups in total. The summed E-state index contributed by atoms with van der Waals surface area (Å²) in [5, 5.41) is 12.6. The van der Waals surface area contributed by atoms with Crippen LogP contribution in [0.5, 0.6) is 0 Å². The third kappa shape index (κ3) is 2.86. The van der Waals surface area contributed by atoms with Gasteiger partial charge in [0.25, 0.3) is 5.91 Å². The Labute approximate surface area is 117 Å². The second-order valence-corrected chi connectivity index (χ2v) is 4.14. The van der Waals surface area contributed by atoms with E-state index in [1.54, 1.807) is 30.7 Å². The van der Waals surface area contributed by atoms with E-state index >= 15 is 0 Å². The molecule has 106 valence electrons. The molecule has 0 radical (unpaired) electrons. The van der Waals surface area contributed by atoms with Crippen molar-refractivity contribution in [2.75, 3.05) is 0 Å². The number of carbonyl (C=O) groups excluding carboxylic acids is 1. The van der Waals surface area contributed by atoms with Gasteiger partial charge in [-0.1, -0.05) is 11.2 Å². The lowest BCUT2D eigenvalue weighted by molar-refractivity contribution is 0.0944. The van der Waals surface area contributed by atoms with Crippen molar-refractivity contribution in [3.8, 4) is 11.1 Å². The molecule has 0 fully saturated rings. The van der Waals surface area contributed by atoms with Gasteiger partial charge < -0.3 is 5.32 Å². The first-order valence-corrected chi connectivity index (χ1v) is 6.00. The van der Waals surface area contributed by atoms with E-state index in [1.807, 2.05) is 0 Å². The number of nitrogens with zero attached hydrogens (tertiary/aromatic N) is 3. The van der Waals surface area contributed by atoms with Crippen molar-refractivity contribution < 1.29 is 9.32 Å². The van der Waals surface area contributed by atoms with Crippen LogP contribution < -0.4 is 11.1 Å². The van der Waals surface area contributed by atoms with Crippen LogP contribution in [-0.2, 0) is 6.54 Å². The summed E-state index contributed by atoms with van der Waals surface area (Å²) in [4.78, 5) is 29.0. The summed E-state index contributed by atoms with van der Waals surface area (Å²) in [6.07, 6.45) is 4.98. The molecule has 0 bridgehead atoms. The Morgan fingerprint density at radius 2 is 2.19 bits per heavy atom. The van der Waals surface area contributed by atoms with Gasteiger partial charge in [0.05, 0.1) is 12.7 Å². The van der Waals surface area contributed by atoms with Crippen LogP contribution >= 0.6 is 0 Å². The van der Waals surface area contributed by atoms with Crippen molar-refractivity contribution in [1.29, 1.82) is 0 Å². The molecule has 0 aromatic carbocycles. The lowest BCUT2D eigenvalue weighted by Gasteiger charge is -2.03. The topological polar surface area (TPSA) is 130 Å². The Hall–Kier alpha value is -3.23. The Bertz CT molecular complexity index is 787. The third-order valence-electron chi connectivity index (χ3n) is 2.73. The Balaban J connectivity index is 1.66. The number of rotatable bonds is 4. The van der Waals surface area contributed by atoms with Crippen molar-refractivity contribution in [2.24, 2.45) is 0 Å². The van der Waals surface area contributed by atoms with Crippen molar-refractivity contribution in [2.45, 2.75) is 6.54 Å². The second-order valence-electron chi connectivity index (χ2n) is 4.14. The molecule has 0 unspecified atom stereocenters. The normalized spacial score (nSPS) is 10.5. The molecule has 3 heterocycles. The van der Waals surface area contributed by atoms with Crippen molar-refractivity contribution >= 4 is 5.91 Å². The number of aromatic nitrogens is 5. The average molecular weight is 286 g/mol. The molecule has 3 aromatic rings. The van der Waals surface area contributed by atoms with Crippen LogP contribution in [0, 0.1) is 0 Å². The standard InChI is InChI=1S/C12H10N6O3/c19-11(14-6-10-17-12(20)21-18-10)9-2-1-7(3-13-9)8-4-15-16-5-8/h1-5H,6H2,(H,14,19)(H,15,16)(H,17,18,20). The predicted octanol–water partition coefficient (Wildman–Crippen LogP) is 0.0780. The molecule has 21 heavy (non-hydrogen) atoms. The lowest BCUT2D eigenvalue weighted by atomic mass is 10.1. The van der Waals surface area contributed by atoms with Crippen molar-refractivity contribution in [1.82, 2.24) is 30.6 Å². The van der Waals surface area contributed by atoms with Crippen molar-refractivity contribution in [3.63, 3.8) is 0 Å². The number of carbonyl (C=O) groups is 1. The van der Waals surface area contributed by atoms with Gasteiger partial charge in [-0.05, 0) is 6.07 Å². The maximum Gasteiger partial charge on any atom is 0.438 e. The Kier molecular flexibility index (Phi) is 3.29. The van der Waals surface area contributed by atoms with Crippen LogP contribution in [-0.4, -0.2) is 31.2 Å². The first-order chi connectivity index (χ1) is 10.2. The Morgan fingerprint density at radius 3 is 2.81 bits per heavy atom. The van der Waals surface area contributed by atoms with E-state index in [9.17, 15) is 9.59 Å². The fraction of sp³-hybridized carbons (Fsp3) is 0.0833. The maximum atomic E-state index is 11.9. The van der Waals surface area contributed by atoms with E-state index in [-0.39, 0.29) is 24.0 Å². The van der Waals surface area contributed by atoms with Gasteiger partial charge >= 0.3 is 5.76 Å². The average Bonchev–Trinajstić information content (AvgIpc) is 3.16. The number of hydrogen-bond donors (Lipinski definition) is 3. The van der Waals surface area contributed by atoms with Crippen LogP contribution in [0.3, 0.4) is 0 Å². The lowest BCUT2D eigenvalue weighted by Crippen LogP contribution is -2.24. The zero-order valence-corrected chi connectivity index (χ0v) is 10.7. The molecule has 0 aliphatic heterocycles. The summed E-state index contributed by atoms with van der Waals surface area (Å²) >= 11 is 0. The molecule has 0 saturated heterocycles. The fourth-order valence-electron chi connectivity index (χ4n) is 1.70. The zero-order valence-electron chi connectivity index (χ0n) is 10.7. The second kappa shape index (κ2) is 5.41. The van der Waals surface area contributed by atoms with Gasteiger partial charge in [-0.25, -0.2) is 4.79 Å². The minimum atomic E-state index is -0.665. The smallest absolute Gasteiger partial charge is 0.343 e. The monoisotopic (exact) mass is 286 g/mol. The molecule has 1 amide bonds. The molecule has 0 atom stereocenters. The largest absolute Gasteiger partial charge is 0.438 e. The fourth-order valence-corrected chi connectivity index (χ4v) is 1.70. The molecule has 0 saturated carbocycles. The predicted molar refractivity (Wildman–Crippen MR) is 70.1 cm³/mol. The van der Waals surface area contributed by atoms with Gasteiger partial charge in [0.1, 0.15) is 5.69 Å².